The smallest absolute Gasteiger partial charge is 0.217 e. The van der Waals surface area contributed by atoms with Crippen LogP contribution < -0.4 is 14.2 Å². The van der Waals surface area contributed by atoms with Crippen molar-refractivity contribution in [2.75, 3.05) is 7.11 Å². The van der Waals surface area contributed by atoms with Crippen LogP contribution in [0.4, 0.5) is 0 Å². The van der Waals surface area contributed by atoms with Crippen molar-refractivity contribution in [1.82, 2.24) is 4.98 Å². The van der Waals surface area contributed by atoms with Gasteiger partial charge in [0, 0.05) is 12.3 Å². The molecule has 0 unspecified atom stereocenters. The van der Waals surface area contributed by atoms with Gasteiger partial charge in [-0.05, 0) is 55.4 Å². The minimum atomic E-state index is 0.283. The number of aromatic nitrogens is 1. The molecular formula is C20H25NO3. The summed E-state index contributed by atoms with van der Waals surface area (Å²) in [6, 6.07) is 11.6. The Balaban J connectivity index is 1.54. The molecule has 1 aliphatic carbocycles. The number of pyridine rings is 1. The van der Waals surface area contributed by atoms with Gasteiger partial charge in [-0.15, -0.1) is 0 Å². The SMILES string of the molecule is COc1ccc(COc2ccnc(O[C@H]3CC[C@H](C)CC3)c2)cc1. The first kappa shape index (κ1) is 16.6. The molecule has 0 atom stereocenters. The van der Waals surface area contributed by atoms with Crippen LogP contribution in [-0.2, 0) is 6.61 Å². The van der Waals surface area contributed by atoms with Crippen LogP contribution in [0.1, 0.15) is 38.2 Å². The van der Waals surface area contributed by atoms with Crippen LogP contribution in [0.15, 0.2) is 42.6 Å². The van der Waals surface area contributed by atoms with Gasteiger partial charge in [0.1, 0.15) is 24.2 Å². The van der Waals surface area contributed by atoms with Gasteiger partial charge in [-0.2, -0.15) is 0 Å². The Bertz CT molecular complexity index is 634. The Morgan fingerprint density at radius 1 is 1.00 bits per heavy atom. The van der Waals surface area contributed by atoms with Crippen LogP contribution in [0.5, 0.6) is 17.4 Å². The molecule has 0 radical (unpaired) electrons. The number of hydrogen-bond acceptors (Lipinski definition) is 4. The van der Waals surface area contributed by atoms with E-state index >= 15 is 0 Å². The molecule has 0 saturated heterocycles. The summed E-state index contributed by atoms with van der Waals surface area (Å²) in [5.41, 5.74) is 1.09. The van der Waals surface area contributed by atoms with E-state index in [2.05, 4.69) is 11.9 Å². The largest absolute Gasteiger partial charge is 0.497 e. The summed E-state index contributed by atoms with van der Waals surface area (Å²) in [6.45, 7) is 2.82. The predicted molar refractivity (Wildman–Crippen MR) is 93.6 cm³/mol. The van der Waals surface area contributed by atoms with Gasteiger partial charge >= 0.3 is 0 Å². The third-order valence-corrected chi connectivity index (χ3v) is 4.52. The van der Waals surface area contributed by atoms with E-state index in [9.17, 15) is 0 Å². The first-order valence-electron chi connectivity index (χ1n) is 8.61. The van der Waals surface area contributed by atoms with Gasteiger partial charge < -0.3 is 14.2 Å². The third kappa shape index (κ3) is 4.63. The van der Waals surface area contributed by atoms with Gasteiger partial charge in [0.05, 0.1) is 7.11 Å². The molecule has 2 aromatic rings. The molecule has 1 saturated carbocycles. The van der Waals surface area contributed by atoms with Crippen molar-refractivity contribution in [2.45, 2.75) is 45.3 Å². The van der Waals surface area contributed by atoms with Gasteiger partial charge in [-0.1, -0.05) is 19.1 Å². The lowest BCUT2D eigenvalue weighted by Gasteiger charge is -2.26. The van der Waals surface area contributed by atoms with E-state index in [1.165, 1.54) is 12.8 Å². The minimum absolute atomic E-state index is 0.283. The third-order valence-electron chi connectivity index (χ3n) is 4.52. The summed E-state index contributed by atoms with van der Waals surface area (Å²) < 4.78 is 17.0. The number of rotatable bonds is 6. The lowest BCUT2D eigenvalue weighted by molar-refractivity contribution is 0.129. The van der Waals surface area contributed by atoms with E-state index < -0.39 is 0 Å². The molecule has 24 heavy (non-hydrogen) atoms. The molecule has 1 fully saturated rings. The van der Waals surface area contributed by atoms with Crippen molar-refractivity contribution in [3.05, 3.63) is 48.2 Å². The van der Waals surface area contributed by atoms with Crippen molar-refractivity contribution < 1.29 is 14.2 Å². The molecule has 1 aromatic carbocycles. The van der Waals surface area contributed by atoms with Crippen LogP contribution in [0, 0.1) is 5.92 Å². The molecule has 0 aliphatic heterocycles. The van der Waals surface area contributed by atoms with Crippen molar-refractivity contribution in [3.8, 4) is 17.4 Å². The fourth-order valence-corrected chi connectivity index (χ4v) is 2.95. The highest BCUT2D eigenvalue weighted by atomic mass is 16.5. The number of benzene rings is 1. The van der Waals surface area contributed by atoms with Crippen molar-refractivity contribution in [2.24, 2.45) is 5.92 Å². The second kappa shape index (κ2) is 8.04. The molecule has 0 bridgehead atoms. The first-order chi connectivity index (χ1) is 11.7. The molecule has 1 heterocycles. The molecule has 128 valence electrons. The summed E-state index contributed by atoms with van der Waals surface area (Å²) in [6.07, 6.45) is 6.71. The van der Waals surface area contributed by atoms with Crippen molar-refractivity contribution in [1.29, 1.82) is 0 Å². The molecule has 1 aromatic heterocycles. The Labute approximate surface area is 143 Å². The lowest BCUT2D eigenvalue weighted by atomic mass is 9.89. The zero-order chi connectivity index (χ0) is 16.8. The zero-order valence-electron chi connectivity index (χ0n) is 14.4. The van der Waals surface area contributed by atoms with Crippen molar-refractivity contribution in [3.63, 3.8) is 0 Å². The fourth-order valence-electron chi connectivity index (χ4n) is 2.95. The summed E-state index contributed by atoms with van der Waals surface area (Å²) in [4.78, 5) is 4.31. The van der Waals surface area contributed by atoms with Gasteiger partial charge in [-0.3, -0.25) is 0 Å². The summed E-state index contributed by atoms with van der Waals surface area (Å²) >= 11 is 0. The topological polar surface area (TPSA) is 40.6 Å². The van der Waals surface area contributed by atoms with E-state index in [-0.39, 0.29) is 6.10 Å². The molecule has 0 N–H and O–H groups in total. The number of methoxy groups -OCH3 is 1. The monoisotopic (exact) mass is 327 g/mol. The van der Waals surface area contributed by atoms with Gasteiger partial charge in [-0.25, -0.2) is 4.98 Å². The second-order valence-corrected chi connectivity index (χ2v) is 6.47. The van der Waals surface area contributed by atoms with E-state index in [0.29, 0.717) is 12.5 Å². The maximum atomic E-state index is 6.02. The average molecular weight is 327 g/mol. The molecule has 3 rings (SSSR count). The normalized spacial score (nSPS) is 20.4. The van der Waals surface area contributed by atoms with Gasteiger partial charge in [0.25, 0.3) is 0 Å². The molecule has 1 aliphatic rings. The Kier molecular flexibility index (Phi) is 5.57. The van der Waals surface area contributed by atoms with Crippen molar-refractivity contribution >= 4 is 0 Å². The minimum Gasteiger partial charge on any atom is -0.497 e. The molecule has 0 amide bonds. The number of hydrogen-bond donors (Lipinski definition) is 0. The predicted octanol–water partition coefficient (Wildman–Crippen LogP) is 4.63. The molecule has 4 nitrogen and oxygen atoms in total. The van der Waals surface area contributed by atoms with E-state index in [4.69, 9.17) is 14.2 Å². The summed E-state index contributed by atoms with van der Waals surface area (Å²) in [5, 5.41) is 0. The highest BCUT2D eigenvalue weighted by Crippen LogP contribution is 2.27. The standard InChI is InChI=1S/C20H25NO3/c1-15-3-7-18(8-4-15)24-20-13-19(11-12-21-20)23-14-16-5-9-17(22-2)10-6-16/h5-6,9-13,15,18H,3-4,7-8,14H2,1-2H3/t15-,18-. The lowest BCUT2D eigenvalue weighted by Crippen LogP contribution is -2.23. The summed E-state index contributed by atoms with van der Waals surface area (Å²) in [7, 11) is 1.66. The number of ether oxygens (including phenoxy) is 3. The molecular weight excluding hydrogens is 302 g/mol. The van der Waals surface area contributed by atoms with Crippen LogP contribution in [0.2, 0.25) is 0 Å². The summed E-state index contributed by atoms with van der Waals surface area (Å²) in [5.74, 6) is 3.10. The quantitative estimate of drug-likeness (QED) is 0.776. The van der Waals surface area contributed by atoms with Crippen LogP contribution in [0.3, 0.4) is 0 Å². The maximum absolute atomic E-state index is 6.02. The maximum Gasteiger partial charge on any atom is 0.217 e. The second-order valence-electron chi connectivity index (χ2n) is 6.47. The highest BCUT2D eigenvalue weighted by Gasteiger charge is 2.20. The molecule has 4 heteroatoms. The highest BCUT2D eigenvalue weighted by molar-refractivity contribution is 5.29. The number of nitrogens with zero attached hydrogens (tertiary/aromatic N) is 1. The Morgan fingerprint density at radius 3 is 2.46 bits per heavy atom. The van der Waals surface area contributed by atoms with Crippen LogP contribution in [0.25, 0.3) is 0 Å². The average Bonchev–Trinajstić information content (AvgIpc) is 2.63. The van der Waals surface area contributed by atoms with E-state index in [0.717, 1.165) is 35.8 Å². The zero-order valence-corrected chi connectivity index (χ0v) is 14.4. The van der Waals surface area contributed by atoms with Gasteiger partial charge in [0.2, 0.25) is 5.88 Å². The van der Waals surface area contributed by atoms with E-state index in [1.807, 2.05) is 36.4 Å². The fraction of sp³-hybridized carbons (Fsp3) is 0.450. The van der Waals surface area contributed by atoms with Crippen LogP contribution in [-0.4, -0.2) is 18.2 Å². The molecule has 0 spiro atoms. The van der Waals surface area contributed by atoms with E-state index in [1.54, 1.807) is 13.3 Å². The Morgan fingerprint density at radius 2 is 1.75 bits per heavy atom. The van der Waals surface area contributed by atoms with Crippen LogP contribution >= 0.6 is 0 Å². The first-order valence-corrected chi connectivity index (χ1v) is 8.61. The Hall–Kier alpha value is -2.23. The van der Waals surface area contributed by atoms with Gasteiger partial charge in [0.15, 0.2) is 0 Å².